The summed E-state index contributed by atoms with van der Waals surface area (Å²) in [6.45, 7) is 6.17. The first-order chi connectivity index (χ1) is 11.8. The zero-order valence-corrected chi connectivity index (χ0v) is 15.4. The van der Waals surface area contributed by atoms with E-state index in [9.17, 15) is 9.59 Å². The molecule has 0 aliphatic heterocycles. The Morgan fingerprint density at radius 2 is 1.60 bits per heavy atom. The van der Waals surface area contributed by atoms with Crippen molar-refractivity contribution in [2.45, 2.75) is 20.8 Å². The SMILES string of the molecule is Cc1ccc(NC(=O)C[NH+](C)CC(=O)Nc2c(C)nn(C)c2C)cc1. The third kappa shape index (κ3) is 5.15. The van der Waals surface area contributed by atoms with Gasteiger partial charge >= 0.3 is 0 Å². The maximum atomic E-state index is 12.2. The number of hydrogen-bond acceptors (Lipinski definition) is 3. The second-order valence-electron chi connectivity index (χ2n) is 6.44. The Hall–Kier alpha value is -2.67. The molecule has 0 spiro atoms. The van der Waals surface area contributed by atoms with Crippen molar-refractivity contribution in [2.24, 2.45) is 7.05 Å². The van der Waals surface area contributed by atoms with E-state index in [-0.39, 0.29) is 24.9 Å². The molecule has 2 rings (SSSR count). The van der Waals surface area contributed by atoms with E-state index in [2.05, 4.69) is 15.7 Å². The molecule has 0 fully saturated rings. The van der Waals surface area contributed by atoms with Crippen LogP contribution in [0, 0.1) is 20.8 Å². The fourth-order valence-electron chi connectivity index (χ4n) is 2.59. The lowest BCUT2D eigenvalue weighted by molar-refractivity contribution is -0.862. The highest BCUT2D eigenvalue weighted by Gasteiger charge is 2.17. The number of rotatable bonds is 6. The van der Waals surface area contributed by atoms with Gasteiger partial charge in [-0.2, -0.15) is 5.10 Å². The van der Waals surface area contributed by atoms with E-state index < -0.39 is 0 Å². The lowest BCUT2D eigenvalue weighted by atomic mass is 10.2. The van der Waals surface area contributed by atoms with Crippen molar-refractivity contribution in [3.63, 3.8) is 0 Å². The number of amides is 2. The largest absolute Gasteiger partial charge is 0.322 e. The molecule has 1 heterocycles. The molecule has 0 aliphatic carbocycles. The first-order valence-corrected chi connectivity index (χ1v) is 8.24. The number of aromatic nitrogens is 2. The highest BCUT2D eigenvalue weighted by molar-refractivity contribution is 5.93. The summed E-state index contributed by atoms with van der Waals surface area (Å²) >= 11 is 0. The number of nitrogens with one attached hydrogen (secondary N) is 3. The third-order valence-electron chi connectivity index (χ3n) is 4.03. The fourth-order valence-corrected chi connectivity index (χ4v) is 2.59. The molecule has 7 heteroatoms. The summed E-state index contributed by atoms with van der Waals surface area (Å²) in [5.41, 5.74) is 4.32. The van der Waals surface area contributed by atoms with Gasteiger partial charge in [-0.15, -0.1) is 0 Å². The fraction of sp³-hybridized carbons (Fsp3) is 0.389. The Morgan fingerprint density at radius 1 is 1.04 bits per heavy atom. The number of anilines is 2. The number of quaternary nitrogens is 1. The van der Waals surface area contributed by atoms with Gasteiger partial charge in [0.25, 0.3) is 11.8 Å². The first-order valence-electron chi connectivity index (χ1n) is 8.24. The average molecular weight is 344 g/mol. The molecule has 0 saturated heterocycles. The van der Waals surface area contributed by atoms with Crippen molar-refractivity contribution in [3.8, 4) is 0 Å². The average Bonchev–Trinajstić information content (AvgIpc) is 2.75. The van der Waals surface area contributed by atoms with Crippen LogP contribution in [0.4, 0.5) is 11.4 Å². The number of hydrogen-bond donors (Lipinski definition) is 3. The Morgan fingerprint density at radius 3 is 2.12 bits per heavy atom. The highest BCUT2D eigenvalue weighted by atomic mass is 16.2. The lowest BCUT2D eigenvalue weighted by Gasteiger charge is -2.14. The van der Waals surface area contributed by atoms with Gasteiger partial charge in [0.05, 0.1) is 24.1 Å². The van der Waals surface area contributed by atoms with Crippen molar-refractivity contribution < 1.29 is 14.5 Å². The van der Waals surface area contributed by atoms with E-state index in [0.29, 0.717) is 0 Å². The molecule has 0 bridgehead atoms. The molecule has 7 nitrogen and oxygen atoms in total. The minimum atomic E-state index is -0.139. The molecular formula is C18H26N5O2+. The van der Waals surface area contributed by atoms with Crippen molar-refractivity contribution in [3.05, 3.63) is 41.2 Å². The number of benzene rings is 1. The van der Waals surface area contributed by atoms with Crippen LogP contribution in [0.3, 0.4) is 0 Å². The molecule has 1 atom stereocenters. The zero-order valence-electron chi connectivity index (χ0n) is 15.4. The van der Waals surface area contributed by atoms with Gasteiger partial charge in [-0.3, -0.25) is 14.3 Å². The topological polar surface area (TPSA) is 80.5 Å². The van der Waals surface area contributed by atoms with Crippen LogP contribution in [0.5, 0.6) is 0 Å². The van der Waals surface area contributed by atoms with Crippen LogP contribution in [0.15, 0.2) is 24.3 Å². The van der Waals surface area contributed by atoms with Gasteiger partial charge in [0.2, 0.25) is 0 Å². The molecule has 1 aromatic heterocycles. The standard InChI is InChI=1S/C18H25N5O2/c1-12-6-8-15(9-7-12)19-16(24)10-22(4)11-17(25)20-18-13(2)21-23(5)14(18)3/h6-9H,10-11H2,1-5H3,(H,19,24)(H,20,25)/p+1. The van der Waals surface area contributed by atoms with Crippen molar-refractivity contribution in [1.29, 1.82) is 0 Å². The van der Waals surface area contributed by atoms with Gasteiger partial charge in [0.1, 0.15) is 0 Å². The Bertz CT molecular complexity index is 765. The van der Waals surface area contributed by atoms with Crippen molar-refractivity contribution in [2.75, 3.05) is 30.8 Å². The first kappa shape index (κ1) is 18.7. The summed E-state index contributed by atoms with van der Waals surface area (Å²) in [6, 6.07) is 7.61. The molecule has 25 heavy (non-hydrogen) atoms. The minimum Gasteiger partial charge on any atom is -0.322 e. The van der Waals surface area contributed by atoms with Crippen molar-refractivity contribution in [1.82, 2.24) is 9.78 Å². The Labute approximate surface area is 148 Å². The number of likely N-dealkylation sites (N-methyl/N-ethyl adjacent to an activating group) is 1. The summed E-state index contributed by atoms with van der Waals surface area (Å²) in [5, 5.41) is 10.00. The van der Waals surface area contributed by atoms with Gasteiger partial charge in [0, 0.05) is 12.7 Å². The molecule has 134 valence electrons. The third-order valence-corrected chi connectivity index (χ3v) is 4.03. The molecule has 2 amide bonds. The summed E-state index contributed by atoms with van der Waals surface area (Å²) in [6.07, 6.45) is 0. The molecular weight excluding hydrogens is 318 g/mol. The predicted octanol–water partition coefficient (Wildman–Crippen LogP) is 0.437. The van der Waals surface area contributed by atoms with Crippen molar-refractivity contribution >= 4 is 23.2 Å². The monoisotopic (exact) mass is 344 g/mol. The summed E-state index contributed by atoms with van der Waals surface area (Å²) < 4.78 is 1.73. The van der Waals surface area contributed by atoms with E-state index in [0.717, 1.165) is 33.2 Å². The second-order valence-corrected chi connectivity index (χ2v) is 6.44. The highest BCUT2D eigenvalue weighted by Crippen LogP contribution is 2.17. The maximum Gasteiger partial charge on any atom is 0.279 e. The van der Waals surface area contributed by atoms with Crippen LogP contribution in [0.1, 0.15) is 17.0 Å². The molecule has 0 aliphatic rings. The summed E-state index contributed by atoms with van der Waals surface area (Å²) in [5.74, 6) is -0.261. The van der Waals surface area contributed by atoms with Gasteiger partial charge in [-0.1, -0.05) is 17.7 Å². The van der Waals surface area contributed by atoms with Gasteiger partial charge in [-0.25, -0.2) is 0 Å². The molecule has 2 aromatic rings. The van der Waals surface area contributed by atoms with E-state index in [1.54, 1.807) is 4.68 Å². The molecule has 3 N–H and O–H groups in total. The van der Waals surface area contributed by atoms with Crippen LogP contribution < -0.4 is 15.5 Å². The molecule has 0 saturated carbocycles. The lowest BCUT2D eigenvalue weighted by Crippen LogP contribution is -3.11. The number of carbonyl (C=O) groups excluding carboxylic acids is 2. The second kappa shape index (κ2) is 7.94. The van der Waals surface area contributed by atoms with Gasteiger partial charge < -0.3 is 15.5 Å². The zero-order chi connectivity index (χ0) is 18.6. The van der Waals surface area contributed by atoms with Crippen LogP contribution >= 0.6 is 0 Å². The van der Waals surface area contributed by atoms with Gasteiger partial charge in [0.15, 0.2) is 13.1 Å². The van der Waals surface area contributed by atoms with E-state index in [1.807, 2.05) is 59.1 Å². The molecule has 1 unspecified atom stereocenters. The summed E-state index contributed by atoms with van der Waals surface area (Å²) in [4.78, 5) is 25.1. The molecule has 1 aromatic carbocycles. The number of nitrogens with zero attached hydrogens (tertiary/aromatic N) is 2. The van der Waals surface area contributed by atoms with E-state index in [1.165, 1.54) is 0 Å². The van der Waals surface area contributed by atoms with Crippen LogP contribution in [-0.4, -0.2) is 41.7 Å². The van der Waals surface area contributed by atoms with Crippen LogP contribution in [0.25, 0.3) is 0 Å². The number of aryl methyl sites for hydroxylation is 3. The van der Waals surface area contributed by atoms with Gasteiger partial charge in [-0.05, 0) is 32.9 Å². The predicted molar refractivity (Wildman–Crippen MR) is 97.7 cm³/mol. The Kier molecular flexibility index (Phi) is 5.93. The Balaban J connectivity index is 1.84. The van der Waals surface area contributed by atoms with Crippen LogP contribution in [0.2, 0.25) is 0 Å². The normalized spacial score (nSPS) is 11.9. The van der Waals surface area contributed by atoms with E-state index >= 15 is 0 Å². The van der Waals surface area contributed by atoms with Crippen LogP contribution in [-0.2, 0) is 16.6 Å². The summed E-state index contributed by atoms with van der Waals surface area (Å²) in [7, 11) is 3.65. The maximum absolute atomic E-state index is 12.2. The molecule has 0 radical (unpaired) electrons. The smallest absolute Gasteiger partial charge is 0.279 e. The minimum absolute atomic E-state index is 0.122. The number of carbonyl (C=O) groups is 2. The quantitative estimate of drug-likeness (QED) is 0.711. The van der Waals surface area contributed by atoms with E-state index in [4.69, 9.17) is 0 Å².